The summed E-state index contributed by atoms with van der Waals surface area (Å²) in [6.45, 7) is 2.00. The van der Waals surface area contributed by atoms with E-state index < -0.39 is 0 Å². The van der Waals surface area contributed by atoms with Gasteiger partial charge in [0.05, 0.1) is 10.4 Å². The highest BCUT2D eigenvalue weighted by atomic mass is 79.9. The number of likely N-dealkylation sites (tertiary alicyclic amines) is 1. The van der Waals surface area contributed by atoms with Crippen LogP contribution < -0.4 is 21.7 Å². The Morgan fingerprint density at radius 2 is 1.82 bits per heavy atom. The van der Waals surface area contributed by atoms with Gasteiger partial charge in [0.2, 0.25) is 11.9 Å². The molecule has 1 aliphatic heterocycles. The molecular formula is C24H34BrN7O2. The highest BCUT2D eigenvalue weighted by Crippen LogP contribution is 2.30. The number of anilines is 3. The summed E-state index contributed by atoms with van der Waals surface area (Å²) in [4.78, 5) is 35.4. The van der Waals surface area contributed by atoms with Crippen molar-refractivity contribution >= 4 is 45.2 Å². The summed E-state index contributed by atoms with van der Waals surface area (Å²) in [5, 5.41) is 9.64. The highest BCUT2D eigenvalue weighted by Gasteiger charge is 2.32. The summed E-state index contributed by atoms with van der Waals surface area (Å²) in [6, 6.07) is 7.44. The number of hydrogen-bond donors (Lipinski definition) is 4. The van der Waals surface area contributed by atoms with Gasteiger partial charge in [-0.1, -0.05) is 13.8 Å². The molecule has 2 aliphatic rings. The van der Waals surface area contributed by atoms with E-state index in [9.17, 15) is 9.59 Å². The Morgan fingerprint density at radius 1 is 1.12 bits per heavy atom. The average molecular weight is 532 g/mol. The zero-order valence-electron chi connectivity index (χ0n) is 18.7. The Bertz CT molecular complexity index is 993. The maximum atomic E-state index is 12.6. The number of rotatable bonds is 7. The molecule has 4 rings (SSSR count). The van der Waals surface area contributed by atoms with Crippen molar-refractivity contribution in [2.24, 2.45) is 11.7 Å². The van der Waals surface area contributed by atoms with Crippen molar-refractivity contribution < 1.29 is 9.59 Å². The molecule has 2 aromatic rings. The number of aromatic nitrogens is 2. The molecule has 2 amide bonds. The first-order chi connectivity index (χ1) is 15.9. The van der Waals surface area contributed by atoms with Gasteiger partial charge in [0.25, 0.3) is 5.91 Å². The third-order valence-electron chi connectivity index (χ3n) is 6.40. The largest absolute Gasteiger partial charge is 0.369 e. The van der Waals surface area contributed by atoms with E-state index in [0.717, 1.165) is 50.9 Å². The van der Waals surface area contributed by atoms with Crippen molar-refractivity contribution in [2.75, 3.05) is 30.8 Å². The number of piperidine rings is 1. The van der Waals surface area contributed by atoms with Crippen molar-refractivity contribution in [1.82, 2.24) is 20.2 Å². The minimum absolute atomic E-state index is 0. The molecule has 1 aromatic carbocycles. The van der Waals surface area contributed by atoms with Crippen LogP contribution >= 0.6 is 15.9 Å². The van der Waals surface area contributed by atoms with Gasteiger partial charge in [0, 0.05) is 29.5 Å². The fourth-order valence-corrected chi connectivity index (χ4v) is 4.74. The van der Waals surface area contributed by atoms with Gasteiger partial charge < -0.3 is 26.6 Å². The lowest BCUT2D eigenvalue weighted by Gasteiger charge is -2.29. The van der Waals surface area contributed by atoms with Crippen molar-refractivity contribution in [1.29, 1.82) is 0 Å². The number of halogens is 1. The van der Waals surface area contributed by atoms with Crippen LogP contribution in [0.5, 0.6) is 0 Å². The van der Waals surface area contributed by atoms with Crippen molar-refractivity contribution in [3.8, 4) is 0 Å². The van der Waals surface area contributed by atoms with Crippen molar-refractivity contribution in [3.63, 3.8) is 0 Å². The predicted octanol–water partition coefficient (Wildman–Crippen LogP) is 3.51. The standard InChI is InChI=1S/C23H30BrN7O2.CH4/c1-31-11-9-16(10-12-31)27-22(33)14-5-7-15(8-6-14)28-23-26-13-18(24)21(30-23)29-19-4-2-3-17(19)20(25)32;/h5-8,13,16-17,19H,2-4,9-12H2,1H3,(H2,25,32)(H,27,33)(H2,26,28,29,30);1H4/t17-,19+;/m0./s1. The molecule has 9 nitrogen and oxygen atoms in total. The summed E-state index contributed by atoms with van der Waals surface area (Å²) >= 11 is 3.47. The number of nitrogens with zero attached hydrogens (tertiary/aromatic N) is 3. The minimum Gasteiger partial charge on any atom is -0.369 e. The highest BCUT2D eigenvalue weighted by molar-refractivity contribution is 9.10. The zero-order valence-corrected chi connectivity index (χ0v) is 20.3. The molecule has 184 valence electrons. The number of hydrogen-bond acceptors (Lipinski definition) is 7. The molecular weight excluding hydrogens is 498 g/mol. The molecule has 1 aliphatic carbocycles. The quantitative estimate of drug-likeness (QED) is 0.430. The summed E-state index contributed by atoms with van der Waals surface area (Å²) in [5.74, 6) is 0.491. The first-order valence-electron chi connectivity index (χ1n) is 11.3. The summed E-state index contributed by atoms with van der Waals surface area (Å²) in [5.41, 5.74) is 6.93. The molecule has 5 N–H and O–H groups in total. The molecule has 0 spiro atoms. The topological polar surface area (TPSA) is 125 Å². The summed E-state index contributed by atoms with van der Waals surface area (Å²) < 4.78 is 0.712. The van der Waals surface area contributed by atoms with Crippen LogP contribution in [-0.2, 0) is 4.79 Å². The van der Waals surface area contributed by atoms with Crippen molar-refractivity contribution in [3.05, 3.63) is 40.5 Å². The molecule has 1 saturated heterocycles. The lowest BCUT2D eigenvalue weighted by molar-refractivity contribution is -0.121. The van der Waals surface area contributed by atoms with E-state index in [-0.39, 0.29) is 37.2 Å². The van der Waals surface area contributed by atoms with Gasteiger partial charge >= 0.3 is 0 Å². The summed E-state index contributed by atoms with van der Waals surface area (Å²) in [6.07, 6.45) is 6.22. The maximum absolute atomic E-state index is 12.6. The molecule has 34 heavy (non-hydrogen) atoms. The smallest absolute Gasteiger partial charge is 0.251 e. The van der Waals surface area contributed by atoms with E-state index in [1.165, 1.54) is 0 Å². The molecule has 0 bridgehead atoms. The van der Waals surface area contributed by atoms with E-state index in [1.54, 1.807) is 18.3 Å². The van der Waals surface area contributed by atoms with Gasteiger partial charge in [-0.05, 0) is 86.0 Å². The van der Waals surface area contributed by atoms with Gasteiger partial charge in [0.1, 0.15) is 5.82 Å². The maximum Gasteiger partial charge on any atom is 0.251 e. The SMILES string of the molecule is C.CN1CCC(NC(=O)c2ccc(Nc3ncc(Br)c(N[C@@H]4CCC[C@@H]4C(N)=O)n3)cc2)CC1. The number of primary amides is 1. The monoisotopic (exact) mass is 531 g/mol. The second-order valence-corrected chi connectivity index (χ2v) is 9.69. The fraction of sp³-hybridized carbons (Fsp3) is 0.500. The molecule has 2 heterocycles. The van der Waals surface area contributed by atoms with Gasteiger partial charge in [0.15, 0.2) is 0 Å². The Morgan fingerprint density at radius 3 is 2.50 bits per heavy atom. The molecule has 0 radical (unpaired) electrons. The van der Waals surface area contributed by atoms with Crippen LogP contribution in [0.1, 0.15) is 49.9 Å². The molecule has 10 heteroatoms. The molecule has 0 unspecified atom stereocenters. The van der Waals surface area contributed by atoms with Crippen LogP contribution in [0.25, 0.3) is 0 Å². The number of benzene rings is 1. The Hall–Kier alpha value is -2.72. The first kappa shape index (κ1) is 25.9. The van der Waals surface area contributed by atoms with E-state index >= 15 is 0 Å². The number of nitrogens with two attached hydrogens (primary N) is 1. The average Bonchev–Trinajstić information content (AvgIpc) is 3.27. The van der Waals surface area contributed by atoms with Gasteiger partial charge in [-0.3, -0.25) is 9.59 Å². The number of carbonyl (C=O) groups excluding carboxylic acids is 2. The van der Waals surface area contributed by atoms with Crippen LogP contribution in [0.4, 0.5) is 17.5 Å². The van der Waals surface area contributed by atoms with Gasteiger partial charge in [-0.2, -0.15) is 4.98 Å². The number of nitrogens with one attached hydrogen (secondary N) is 3. The van der Waals surface area contributed by atoms with Crippen LogP contribution in [0.15, 0.2) is 34.9 Å². The minimum atomic E-state index is -0.284. The molecule has 2 atom stereocenters. The second kappa shape index (κ2) is 11.6. The predicted molar refractivity (Wildman–Crippen MR) is 138 cm³/mol. The molecule has 1 saturated carbocycles. The lowest BCUT2D eigenvalue weighted by atomic mass is 10.0. The second-order valence-electron chi connectivity index (χ2n) is 8.83. The zero-order chi connectivity index (χ0) is 23.4. The van der Waals surface area contributed by atoms with Crippen LogP contribution in [0.2, 0.25) is 0 Å². The number of carbonyl (C=O) groups is 2. The Balaban J connectivity index is 0.00000324. The number of amides is 2. The summed E-state index contributed by atoms with van der Waals surface area (Å²) in [7, 11) is 2.10. The molecule has 2 fully saturated rings. The van der Waals surface area contributed by atoms with Crippen molar-refractivity contribution in [2.45, 2.75) is 51.6 Å². The van der Waals surface area contributed by atoms with E-state index in [4.69, 9.17) is 5.73 Å². The van der Waals surface area contributed by atoms with E-state index in [2.05, 4.69) is 53.8 Å². The third-order valence-corrected chi connectivity index (χ3v) is 6.98. The molecule has 1 aromatic heterocycles. The van der Waals surface area contributed by atoms with Crippen LogP contribution in [0.3, 0.4) is 0 Å². The normalized spacial score (nSPS) is 20.9. The van der Waals surface area contributed by atoms with Crippen LogP contribution in [-0.4, -0.2) is 58.9 Å². The van der Waals surface area contributed by atoms with E-state index in [0.29, 0.717) is 21.8 Å². The van der Waals surface area contributed by atoms with E-state index in [1.807, 2.05) is 12.1 Å². The fourth-order valence-electron chi connectivity index (χ4n) is 4.43. The first-order valence-corrected chi connectivity index (χ1v) is 12.1. The lowest BCUT2D eigenvalue weighted by Crippen LogP contribution is -2.43. The van der Waals surface area contributed by atoms with Gasteiger partial charge in [-0.25, -0.2) is 4.98 Å². The Labute approximate surface area is 209 Å². The van der Waals surface area contributed by atoms with Crippen LogP contribution in [0, 0.1) is 5.92 Å². The third kappa shape index (κ3) is 6.44. The van der Waals surface area contributed by atoms with Gasteiger partial charge in [-0.15, -0.1) is 0 Å². The Kier molecular flexibility index (Phi) is 8.84.